The lowest BCUT2D eigenvalue weighted by atomic mass is 9.86. The van der Waals surface area contributed by atoms with Crippen LogP contribution in [0.2, 0.25) is 0 Å². The molecule has 8 nitrogen and oxygen atoms in total. The minimum atomic E-state index is -4.05. The molecule has 1 saturated carbocycles. The summed E-state index contributed by atoms with van der Waals surface area (Å²) >= 11 is 0. The third-order valence-electron chi connectivity index (χ3n) is 5.47. The topological polar surface area (TPSA) is 110 Å². The Hall–Kier alpha value is -1.97. The average Bonchev–Trinajstić information content (AvgIpc) is 3.24. The third-order valence-corrected chi connectivity index (χ3v) is 6.19. The van der Waals surface area contributed by atoms with E-state index in [9.17, 15) is 13.0 Å². The van der Waals surface area contributed by atoms with Crippen molar-refractivity contribution in [3.05, 3.63) is 24.3 Å². The molecule has 3 aromatic rings. The first-order chi connectivity index (χ1) is 13.0. The highest BCUT2D eigenvalue weighted by Crippen LogP contribution is 2.37. The summed E-state index contributed by atoms with van der Waals surface area (Å²) in [6.07, 6.45) is 7.87. The molecule has 0 spiro atoms. The molecule has 3 aromatic heterocycles. The van der Waals surface area contributed by atoms with Crippen molar-refractivity contribution in [1.29, 1.82) is 0 Å². The van der Waals surface area contributed by atoms with Crippen molar-refractivity contribution in [3.8, 4) is 0 Å². The molecule has 0 unspecified atom stereocenters. The van der Waals surface area contributed by atoms with Gasteiger partial charge in [-0.15, -0.1) is 0 Å². The minimum absolute atomic E-state index is 0.178. The number of hydrogen-bond donors (Lipinski definition) is 2. The number of ether oxygens (including phenoxy) is 1. The number of aromatic nitrogens is 4. The second kappa shape index (κ2) is 7.21. The van der Waals surface area contributed by atoms with Crippen molar-refractivity contribution >= 4 is 32.2 Å². The van der Waals surface area contributed by atoms with Crippen LogP contribution in [0.1, 0.15) is 37.5 Å². The number of fused-ring (bicyclic) bond motifs is 3. The number of methoxy groups -OCH3 is 1. The molecule has 0 amide bonds. The molecule has 0 radical (unpaired) electrons. The van der Waals surface area contributed by atoms with Gasteiger partial charge in [0.25, 0.3) is 10.1 Å². The molecule has 0 saturated heterocycles. The first kappa shape index (κ1) is 18.4. The summed E-state index contributed by atoms with van der Waals surface area (Å²) in [7, 11) is -2.31. The van der Waals surface area contributed by atoms with Crippen LogP contribution in [-0.2, 0) is 21.3 Å². The fourth-order valence-electron chi connectivity index (χ4n) is 4.24. The van der Waals surface area contributed by atoms with Crippen molar-refractivity contribution in [2.45, 2.75) is 38.1 Å². The fourth-order valence-corrected chi connectivity index (χ4v) is 4.68. The van der Waals surface area contributed by atoms with Crippen molar-refractivity contribution in [2.24, 2.45) is 5.92 Å². The molecule has 9 heteroatoms. The zero-order valence-corrected chi connectivity index (χ0v) is 16.1. The lowest BCUT2D eigenvalue weighted by Gasteiger charge is -2.30. The molecular weight excluding hydrogens is 368 g/mol. The van der Waals surface area contributed by atoms with Crippen LogP contribution in [0.15, 0.2) is 18.5 Å². The van der Waals surface area contributed by atoms with Crippen molar-refractivity contribution in [1.82, 2.24) is 19.5 Å². The van der Waals surface area contributed by atoms with Gasteiger partial charge < -0.3 is 14.3 Å². The second-order valence-corrected chi connectivity index (χ2v) is 8.87. The average molecular weight is 392 g/mol. The Labute approximate surface area is 157 Å². The number of hydrogen-bond acceptors (Lipinski definition) is 5. The highest BCUT2D eigenvalue weighted by Gasteiger charge is 2.27. The quantitative estimate of drug-likeness (QED) is 0.624. The highest BCUT2D eigenvalue weighted by atomic mass is 32.2. The summed E-state index contributed by atoms with van der Waals surface area (Å²) in [6, 6.07) is 2.23. The van der Waals surface area contributed by atoms with Gasteiger partial charge in [-0.3, -0.25) is 4.55 Å². The van der Waals surface area contributed by atoms with E-state index in [0.29, 0.717) is 11.7 Å². The van der Waals surface area contributed by atoms with E-state index in [1.165, 1.54) is 0 Å². The molecular formula is C18H24N4O4S. The number of rotatable bonds is 6. The van der Waals surface area contributed by atoms with Gasteiger partial charge in [-0.25, -0.2) is 9.97 Å². The van der Waals surface area contributed by atoms with E-state index in [0.717, 1.165) is 54.4 Å². The zero-order valence-electron chi connectivity index (χ0n) is 15.3. The van der Waals surface area contributed by atoms with Crippen LogP contribution in [0, 0.1) is 5.92 Å². The van der Waals surface area contributed by atoms with Gasteiger partial charge >= 0.3 is 0 Å². The Kier molecular flexibility index (Phi) is 4.92. The number of imidazole rings is 1. The molecule has 146 valence electrons. The van der Waals surface area contributed by atoms with Crippen LogP contribution < -0.4 is 0 Å². The fraction of sp³-hybridized carbons (Fsp3) is 0.556. The van der Waals surface area contributed by atoms with E-state index < -0.39 is 10.1 Å². The maximum atomic E-state index is 11.3. The van der Waals surface area contributed by atoms with Gasteiger partial charge in [0.1, 0.15) is 17.0 Å². The Bertz CT molecular complexity index is 1050. The van der Waals surface area contributed by atoms with Crippen LogP contribution in [0.4, 0.5) is 0 Å². The van der Waals surface area contributed by atoms with Crippen LogP contribution in [0.5, 0.6) is 0 Å². The third kappa shape index (κ3) is 3.71. The molecule has 2 N–H and O–H groups in total. The van der Waals surface area contributed by atoms with Gasteiger partial charge in [0, 0.05) is 37.8 Å². The highest BCUT2D eigenvalue weighted by molar-refractivity contribution is 7.85. The van der Waals surface area contributed by atoms with Crippen LogP contribution in [-0.4, -0.2) is 52.0 Å². The first-order valence-electron chi connectivity index (χ1n) is 9.23. The van der Waals surface area contributed by atoms with Crippen molar-refractivity contribution in [3.63, 3.8) is 0 Å². The Morgan fingerprint density at radius 3 is 2.81 bits per heavy atom. The Morgan fingerprint density at radius 2 is 2.11 bits per heavy atom. The van der Waals surface area contributed by atoms with Crippen LogP contribution in [0.3, 0.4) is 0 Å². The predicted molar refractivity (Wildman–Crippen MR) is 102 cm³/mol. The molecule has 1 aliphatic carbocycles. The van der Waals surface area contributed by atoms with Crippen molar-refractivity contribution in [2.75, 3.05) is 19.5 Å². The lowest BCUT2D eigenvalue weighted by molar-refractivity contribution is 0.120. The standard InChI is InChI=1S/C18H24N4O4S/c1-26-11-12-2-4-13(5-3-12)22-16(7-9-27(23,24)25)21-15-10-20-18-14(17(15)22)6-8-19-18/h6,8,10,12-13H,2-5,7,9,11H2,1H3,(H,19,20)(H,23,24,25). The van der Waals surface area contributed by atoms with Crippen LogP contribution >= 0.6 is 0 Å². The predicted octanol–water partition coefficient (Wildman–Crippen LogP) is 2.72. The molecule has 0 atom stereocenters. The summed E-state index contributed by atoms with van der Waals surface area (Å²) in [5.41, 5.74) is 2.53. The maximum absolute atomic E-state index is 11.3. The summed E-state index contributed by atoms with van der Waals surface area (Å²) in [6.45, 7) is 0.777. The molecule has 0 aliphatic heterocycles. The zero-order chi connectivity index (χ0) is 19.0. The maximum Gasteiger partial charge on any atom is 0.265 e. The Balaban J connectivity index is 1.76. The van der Waals surface area contributed by atoms with E-state index in [-0.39, 0.29) is 18.2 Å². The number of pyridine rings is 1. The normalized spacial score (nSPS) is 21.3. The summed E-state index contributed by atoms with van der Waals surface area (Å²) in [5.74, 6) is 0.920. The summed E-state index contributed by atoms with van der Waals surface area (Å²) in [5, 5.41) is 0.983. The van der Waals surface area contributed by atoms with Crippen molar-refractivity contribution < 1.29 is 17.7 Å². The van der Waals surface area contributed by atoms with Gasteiger partial charge in [-0.1, -0.05) is 0 Å². The number of nitrogens with one attached hydrogen (secondary N) is 1. The molecule has 4 rings (SSSR count). The molecule has 0 aromatic carbocycles. The van der Waals surface area contributed by atoms with Gasteiger partial charge in [0.2, 0.25) is 0 Å². The minimum Gasteiger partial charge on any atom is -0.384 e. The number of aryl methyl sites for hydroxylation is 1. The van der Waals surface area contributed by atoms with E-state index >= 15 is 0 Å². The molecule has 0 bridgehead atoms. The number of aromatic amines is 1. The van der Waals surface area contributed by atoms with E-state index in [4.69, 9.17) is 4.74 Å². The second-order valence-electron chi connectivity index (χ2n) is 7.30. The number of nitrogens with zero attached hydrogens (tertiary/aromatic N) is 3. The largest absolute Gasteiger partial charge is 0.384 e. The monoisotopic (exact) mass is 392 g/mol. The first-order valence-corrected chi connectivity index (χ1v) is 10.8. The van der Waals surface area contributed by atoms with Gasteiger partial charge in [0.05, 0.1) is 17.5 Å². The SMILES string of the molecule is COCC1CCC(n2c(CCS(=O)(=O)O)nc3cnc4[nH]ccc4c32)CC1. The molecule has 3 heterocycles. The summed E-state index contributed by atoms with van der Waals surface area (Å²) in [4.78, 5) is 12.2. The van der Waals surface area contributed by atoms with Gasteiger partial charge in [-0.05, 0) is 37.7 Å². The van der Waals surface area contributed by atoms with E-state index in [1.54, 1.807) is 13.3 Å². The van der Waals surface area contributed by atoms with Crippen LogP contribution in [0.25, 0.3) is 22.1 Å². The smallest absolute Gasteiger partial charge is 0.265 e. The lowest BCUT2D eigenvalue weighted by Crippen LogP contribution is -2.23. The van der Waals surface area contributed by atoms with Gasteiger partial charge in [0.15, 0.2) is 0 Å². The van der Waals surface area contributed by atoms with Gasteiger partial charge in [-0.2, -0.15) is 8.42 Å². The summed E-state index contributed by atoms with van der Waals surface area (Å²) < 4.78 is 39.2. The van der Waals surface area contributed by atoms with E-state index in [1.807, 2.05) is 12.3 Å². The van der Waals surface area contributed by atoms with E-state index in [2.05, 4.69) is 19.5 Å². The molecule has 1 fully saturated rings. The molecule has 27 heavy (non-hydrogen) atoms. The number of H-pyrrole nitrogens is 1. The molecule has 1 aliphatic rings. The Morgan fingerprint density at radius 1 is 1.33 bits per heavy atom.